The molecule has 0 saturated heterocycles. The van der Waals surface area contributed by atoms with Crippen LogP contribution in [0.2, 0.25) is 5.02 Å². The fourth-order valence-electron chi connectivity index (χ4n) is 2.12. The fourth-order valence-corrected chi connectivity index (χ4v) is 2.37. The Balaban J connectivity index is 2.56. The minimum atomic E-state index is -1.15. The van der Waals surface area contributed by atoms with Crippen LogP contribution in [0.3, 0.4) is 0 Å². The highest BCUT2D eigenvalue weighted by molar-refractivity contribution is 6.31. The van der Waals surface area contributed by atoms with Crippen LogP contribution >= 0.6 is 11.6 Å². The monoisotopic (exact) mass is 286 g/mol. The zero-order valence-corrected chi connectivity index (χ0v) is 11.5. The lowest BCUT2D eigenvalue weighted by Crippen LogP contribution is -2.04. The molecular formula is C14H13ClF2O2. The number of halogens is 3. The average Bonchev–Trinajstić information content (AvgIpc) is 2.57. The Bertz CT molecular complexity index is 635. The number of aliphatic hydroxyl groups is 1. The van der Waals surface area contributed by atoms with Crippen LogP contribution in [0.1, 0.15) is 34.3 Å². The van der Waals surface area contributed by atoms with Crippen LogP contribution < -0.4 is 0 Å². The van der Waals surface area contributed by atoms with Crippen molar-refractivity contribution >= 4 is 11.6 Å². The SMILES string of the molecule is Cc1oc(C)c(C(O)c2cc(F)c(F)cc2Cl)c1C. The normalized spacial score (nSPS) is 12.8. The van der Waals surface area contributed by atoms with Gasteiger partial charge in [-0.05, 0) is 38.5 Å². The molecule has 1 atom stereocenters. The summed E-state index contributed by atoms with van der Waals surface area (Å²) in [6.45, 7) is 5.26. The topological polar surface area (TPSA) is 33.4 Å². The third-order valence-corrected chi connectivity index (χ3v) is 3.55. The third kappa shape index (κ3) is 2.38. The van der Waals surface area contributed by atoms with Crippen LogP contribution in [-0.2, 0) is 0 Å². The van der Waals surface area contributed by atoms with E-state index in [1.807, 2.05) is 0 Å². The lowest BCUT2D eigenvalue weighted by atomic mass is 9.98. The van der Waals surface area contributed by atoms with Gasteiger partial charge in [0.2, 0.25) is 0 Å². The molecule has 0 aliphatic rings. The number of hydrogen-bond acceptors (Lipinski definition) is 2. The van der Waals surface area contributed by atoms with Gasteiger partial charge in [0, 0.05) is 16.1 Å². The van der Waals surface area contributed by atoms with E-state index >= 15 is 0 Å². The Labute approximate surface area is 114 Å². The number of aliphatic hydroxyl groups excluding tert-OH is 1. The van der Waals surface area contributed by atoms with Gasteiger partial charge in [-0.25, -0.2) is 8.78 Å². The lowest BCUT2D eigenvalue weighted by molar-refractivity contribution is 0.216. The molecule has 0 aliphatic heterocycles. The highest BCUT2D eigenvalue weighted by Gasteiger charge is 2.23. The molecule has 0 amide bonds. The van der Waals surface area contributed by atoms with Gasteiger partial charge in [0.15, 0.2) is 11.6 Å². The molecule has 1 unspecified atom stereocenters. The van der Waals surface area contributed by atoms with E-state index < -0.39 is 17.7 Å². The van der Waals surface area contributed by atoms with Gasteiger partial charge in [-0.15, -0.1) is 0 Å². The van der Waals surface area contributed by atoms with Gasteiger partial charge >= 0.3 is 0 Å². The van der Waals surface area contributed by atoms with Crippen molar-refractivity contribution in [3.8, 4) is 0 Å². The molecule has 0 spiro atoms. The molecule has 19 heavy (non-hydrogen) atoms. The maximum atomic E-state index is 13.3. The van der Waals surface area contributed by atoms with Gasteiger partial charge in [-0.3, -0.25) is 0 Å². The molecule has 5 heteroatoms. The van der Waals surface area contributed by atoms with Crippen molar-refractivity contribution in [2.45, 2.75) is 26.9 Å². The zero-order chi connectivity index (χ0) is 14.3. The first-order chi connectivity index (χ1) is 8.82. The molecule has 0 bridgehead atoms. The maximum Gasteiger partial charge on any atom is 0.160 e. The molecule has 2 rings (SSSR count). The largest absolute Gasteiger partial charge is 0.466 e. The summed E-state index contributed by atoms with van der Waals surface area (Å²) in [5, 5.41) is 10.3. The molecule has 0 aliphatic carbocycles. The predicted molar refractivity (Wildman–Crippen MR) is 68.3 cm³/mol. The van der Waals surface area contributed by atoms with E-state index in [0.29, 0.717) is 17.1 Å². The summed E-state index contributed by atoms with van der Waals surface area (Å²) in [4.78, 5) is 0. The second-order valence-corrected chi connectivity index (χ2v) is 4.85. The molecule has 0 radical (unpaired) electrons. The van der Waals surface area contributed by atoms with Gasteiger partial charge in [-0.2, -0.15) is 0 Å². The highest BCUT2D eigenvalue weighted by Crippen LogP contribution is 2.35. The Hall–Kier alpha value is -1.39. The van der Waals surface area contributed by atoms with Crippen molar-refractivity contribution in [2.75, 3.05) is 0 Å². The van der Waals surface area contributed by atoms with Gasteiger partial charge in [0.05, 0.1) is 0 Å². The number of aryl methyl sites for hydroxylation is 2. The molecule has 1 N–H and O–H groups in total. The van der Waals surface area contributed by atoms with E-state index in [9.17, 15) is 13.9 Å². The molecule has 2 nitrogen and oxygen atoms in total. The highest BCUT2D eigenvalue weighted by atomic mass is 35.5. The van der Waals surface area contributed by atoms with E-state index in [1.54, 1.807) is 20.8 Å². The van der Waals surface area contributed by atoms with Crippen LogP contribution in [0.15, 0.2) is 16.5 Å². The summed E-state index contributed by atoms with van der Waals surface area (Å²) in [5.41, 5.74) is 1.42. The third-order valence-electron chi connectivity index (χ3n) is 3.23. The quantitative estimate of drug-likeness (QED) is 0.839. The summed E-state index contributed by atoms with van der Waals surface area (Å²) in [6, 6.07) is 1.76. The zero-order valence-electron chi connectivity index (χ0n) is 10.7. The average molecular weight is 287 g/mol. The Morgan fingerprint density at radius 1 is 1.11 bits per heavy atom. The number of furan rings is 1. The Morgan fingerprint density at radius 3 is 2.21 bits per heavy atom. The van der Waals surface area contributed by atoms with Gasteiger partial charge in [-0.1, -0.05) is 11.6 Å². The maximum absolute atomic E-state index is 13.3. The van der Waals surface area contributed by atoms with Crippen molar-refractivity contribution in [1.82, 2.24) is 0 Å². The minimum absolute atomic E-state index is 0.0240. The molecule has 0 saturated carbocycles. The summed E-state index contributed by atoms with van der Waals surface area (Å²) >= 11 is 5.86. The van der Waals surface area contributed by atoms with Crippen LogP contribution in [0.5, 0.6) is 0 Å². The predicted octanol–water partition coefficient (Wildman–Crippen LogP) is 4.22. The van der Waals surface area contributed by atoms with Crippen molar-refractivity contribution in [3.63, 3.8) is 0 Å². The van der Waals surface area contributed by atoms with Gasteiger partial charge in [0.1, 0.15) is 17.6 Å². The smallest absolute Gasteiger partial charge is 0.160 e. The van der Waals surface area contributed by atoms with E-state index in [1.165, 1.54) is 0 Å². The van der Waals surface area contributed by atoms with Crippen molar-refractivity contribution in [1.29, 1.82) is 0 Å². The number of hydrogen-bond donors (Lipinski definition) is 1. The van der Waals surface area contributed by atoms with Crippen LogP contribution in [0.4, 0.5) is 8.78 Å². The lowest BCUT2D eigenvalue weighted by Gasteiger charge is -2.14. The standard InChI is InChI=1S/C14H13ClF2O2/c1-6-7(2)19-8(3)13(6)14(18)9-4-11(16)12(17)5-10(9)15/h4-5,14,18H,1-3H3. The second kappa shape index (κ2) is 4.94. The van der Waals surface area contributed by atoms with Crippen molar-refractivity contribution in [2.24, 2.45) is 0 Å². The summed E-state index contributed by atoms with van der Waals surface area (Å²) < 4.78 is 31.7. The molecule has 2 aromatic rings. The van der Waals surface area contributed by atoms with Gasteiger partial charge < -0.3 is 9.52 Å². The van der Waals surface area contributed by atoms with E-state index in [4.69, 9.17) is 16.0 Å². The summed E-state index contributed by atoms with van der Waals surface area (Å²) in [7, 11) is 0. The van der Waals surface area contributed by atoms with Gasteiger partial charge in [0.25, 0.3) is 0 Å². The first-order valence-electron chi connectivity index (χ1n) is 5.72. The number of rotatable bonds is 2. The molecule has 102 valence electrons. The van der Waals surface area contributed by atoms with E-state index in [-0.39, 0.29) is 10.6 Å². The molecule has 1 aromatic carbocycles. The van der Waals surface area contributed by atoms with Crippen LogP contribution in [-0.4, -0.2) is 5.11 Å². The molecular weight excluding hydrogens is 274 g/mol. The Morgan fingerprint density at radius 2 is 1.68 bits per heavy atom. The second-order valence-electron chi connectivity index (χ2n) is 4.44. The van der Waals surface area contributed by atoms with Crippen LogP contribution in [0, 0.1) is 32.4 Å². The van der Waals surface area contributed by atoms with Crippen molar-refractivity contribution in [3.05, 3.63) is 57.0 Å². The first-order valence-corrected chi connectivity index (χ1v) is 6.09. The van der Waals surface area contributed by atoms with Crippen LogP contribution in [0.25, 0.3) is 0 Å². The summed E-state index contributed by atoms with van der Waals surface area (Å²) in [6.07, 6.45) is -1.15. The fraction of sp³-hybridized carbons (Fsp3) is 0.286. The van der Waals surface area contributed by atoms with E-state index in [2.05, 4.69) is 0 Å². The number of benzene rings is 1. The van der Waals surface area contributed by atoms with E-state index in [0.717, 1.165) is 17.7 Å². The Kier molecular flexibility index (Phi) is 3.65. The molecule has 0 fully saturated rings. The minimum Gasteiger partial charge on any atom is -0.466 e. The summed E-state index contributed by atoms with van der Waals surface area (Å²) in [5.74, 6) is -0.889. The van der Waals surface area contributed by atoms with Crippen molar-refractivity contribution < 1.29 is 18.3 Å². The molecule has 1 aromatic heterocycles. The first kappa shape index (κ1) is 14.0. The molecule has 1 heterocycles.